The number of aromatic amines is 1. The molecular formula is C16H13N5O3S. The predicted molar refractivity (Wildman–Crippen MR) is 95.5 cm³/mol. The molecule has 0 saturated carbocycles. The van der Waals surface area contributed by atoms with E-state index in [1.54, 1.807) is 31.4 Å². The van der Waals surface area contributed by atoms with Crippen molar-refractivity contribution in [2.24, 2.45) is 5.10 Å². The number of H-pyrrole nitrogens is 1. The van der Waals surface area contributed by atoms with Crippen molar-refractivity contribution in [2.45, 2.75) is 0 Å². The molecule has 0 bridgehead atoms. The Balaban J connectivity index is 2.07. The summed E-state index contributed by atoms with van der Waals surface area (Å²) in [7, 11) is 1.56. The molecule has 0 spiro atoms. The number of rotatable bonds is 5. The topological polar surface area (TPSA) is 98.3 Å². The van der Waals surface area contributed by atoms with Crippen molar-refractivity contribution in [1.29, 1.82) is 0 Å². The highest BCUT2D eigenvalue weighted by Crippen LogP contribution is 2.28. The zero-order valence-corrected chi connectivity index (χ0v) is 13.9. The summed E-state index contributed by atoms with van der Waals surface area (Å²) in [5, 5.41) is 22.2. The monoisotopic (exact) mass is 355 g/mol. The third kappa shape index (κ3) is 3.31. The van der Waals surface area contributed by atoms with E-state index in [0.29, 0.717) is 22.7 Å². The van der Waals surface area contributed by atoms with Gasteiger partial charge in [0, 0.05) is 6.07 Å². The Bertz CT molecular complexity index is 1010. The number of hydrogen-bond acceptors (Lipinski definition) is 6. The number of hydrogen-bond donors (Lipinski definition) is 1. The fourth-order valence-corrected chi connectivity index (χ4v) is 2.46. The van der Waals surface area contributed by atoms with Crippen LogP contribution in [0.25, 0.3) is 11.4 Å². The minimum atomic E-state index is -0.461. The predicted octanol–water partition coefficient (Wildman–Crippen LogP) is 3.41. The molecule has 0 unspecified atom stereocenters. The van der Waals surface area contributed by atoms with Crippen molar-refractivity contribution in [3.8, 4) is 17.1 Å². The highest BCUT2D eigenvalue weighted by molar-refractivity contribution is 7.71. The molecule has 0 radical (unpaired) electrons. The SMILES string of the molecule is COc1ccccc1-c1n[nH]c(=S)n1/N=C\c1ccccc1[N+](=O)[O-]. The summed E-state index contributed by atoms with van der Waals surface area (Å²) in [6, 6.07) is 13.6. The molecule has 1 heterocycles. The van der Waals surface area contributed by atoms with E-state index in [1.165, 1.54) is 17.0 Å². The lowest BCUT2D eigenvalue weighted by atomic mass is 10.2. The summed E-state index contributed by atoms with van der Waals surface area (Å²) in [6.07, 6.45) is 1.38. The van der Waals surface area contributed by atoms with Gasteiger partial charge >= 0.3 is 0 Å². The first-order valence-electron chi connectivity index (χ1n) is 7.20. The fourth-order valence-electron chi connectivity index (χ4n) is 2.29. The molecule has 0 aliphatic heterocycles. The number of nitrogens with zero attached hydrogens (tertiary/aromatic N) is 4. The molecule has 0 aliphatic carbocycles. The third-order valence-corrected chi connectivity index (χ3v) is 3.71. The average molecular weight is 355 g/mol. The second-order valence-corrected chi connectivity index (χ2v) is 5.31. The first kappa shape index (κ1) is 16.5. The molecule has 3 aromatic rings. The van der Waals surface area contributed by atoms with Crippen molar-refractivity contribution in [2.75, 3.05) is 7.11 Å². The lowest BCUT2D eigenvalue weighted by molar-refractivity contribution is -0.385. The molecule has 1 N–H and O–H groups in total. The van der Waals surface area contributed by atoms with Crippen LogP contribution in [0.1, 0.15) is 5.56 Å². The summed E-state index contributed by atoms with van der Waals surface area (Å²) < 4.78 is 6.99. The van der Waals surface area contributed by atoms with Crippen LogP contribution < -0.4 is 4.74 Å². The maximum absolute atomic E-state index is 11.1. The Morgan fingerprint density at radius 2 is 2.00 bits per heavy atom. The Hall–Kier alpha value is -3.33. The Kier molecular flexibility index (Phi) is 4.66. The molecule has 9 heteroatoms. The number of ether oxygens (including phenoxy) is 1. The summed E-state index contributed by atoms with van der Waals surface area (Å²) in [5.74, 6) is 1.05. The van der Waals surface area contributed by atoms with Gasteiger partial charge in [0.1, 0.15) is 5.75 Å². The van der Waals surface area contributed by atoms with Crippen LogP contribution in [0.15, 0.2) is 53.6 Å². The van der Waals surface area contributed by atoms with Gasteiger partial charge in [-0.2, -0.15) is 14.9 Å². The molecule has 0 atom stereocenters. The lowest BCUT2D eigenvalue weighted by Crippen LogP contribution is -1.99. The Morgan fingerprint density at radius 3 is 2.76 bits per heavy atom. The van der Waals surface area contributed by atoms with Gasteiger partial charge in [-0.15, -0.1) is 0 Å². The lowest BCUT2D eigenvalue weighted by Gasteiger charge is -2.06. The van der Waals surface area contributed by atoms with Crippen molar-refractivity contribution in [3.63, 3.8) is 0 Å². The molecule has 3 rings (SSSR count). The van der Waals surface area contributed by atoms with Crippen LogP contribution in [-0.4, -0.2) is 33.1 Å². The zero-order chi connectivity index (χ0) is 17.8. The number of para-hydroxylation sites is 2. The number of benzene rings is 2. The van der Waals surface area contributed by atoms with Crippen molar-refractivity contribution < 1.29 is 9.66 Å². The van der Waals surface area contributed by atoms with E-state index in [9.17, 15) is 10.1 Å². The number of nitro groups is 1. The summed E-state index contributed by atoms with van der Waals surface area (Å²) >= 11 is 5.21. The number of aromatic nitrogens is 3. The van der Waals surface area contributed by atoms with E-state index in [0.717, 1.165) is 0 Å². The molecule has 0 amide bonds. The Morgan fingerprint density at radius 1 is 1.28 bits per heavy atom. The normalized spacial score (nSPS) is 10.9. The minimum Gasteiger partial charge on any atom is -0.496 e. The van der Waals surface area contributed by atoms with Crippen LogP contribution in [0.4, 0.5) is 5.69 Å². The second kappa shape index (κ2) is 7.05. The van der Waals surface area contributed by atoms with E-state index in [4.69, 9.17) is 17.0 Å². The maximum atomic E-state index is 11.1. The van der Waals surface area contributed by atoms with Gasteiger partial charge in [0.05, 0.1) is 29.4 Å². The molecule has 25 heavy (non-hydrogen) atoms. The number of nitrogens with one attached hydrogen (secondary N) is 1. The molecular weight excluding hydrogens is 342 g/mol. The highest BCUT2D eigenvalue weighted by atomic mass is 32.1. The van der Waals surface area contributed by atoms with Crippen LogP contribution in [0.2, 0.25) is 0 Å². The van der Waals surface area contributed by atoms with E-state index < -0.39 is 4.92 Å². The van der Waals surface area contributed by atoms with Gasteiger partial charge in [0.25, 0.3) is 5.69 Å². The van der Waals surface area contributed by atoms with E-state index in [1.807, 2.05) is 18.2 Å². The zero-order valence-electron chi connectivity index (χ0n) is 13.1. The fraction of sp³-hybridized carbons (Fsp3) is 0.0625. The van der Waals surface area contributed by atoms with Crippen LogP contribution in [0.3, 0.4) is 0 Å². The van der Waals surface area contributed by atoms with Gasteiger partial charge in [0.15, 0.2) is 5.82 Å². The van der Waals surface area contributed by atoms with Gasteiger partial charge in [-0.3, -0.25) is 10.1 Å². The van der Waals surface area contributed by atoms with Gasteiger partial charge in [-0.25, -0.2) is 5.10 Å². The third-order valence-electron chi connectivity index (χ3n) is 3.44. The van der Waals surface area contributed by atoms with Gasteiger partial charge < -0.3 is 4.74 Å². The van der Waals surface area contributed by atoms with Gasteiger partial charge in [0.2, 0.25) is 4.77 Å². The van der Waals surface area contributed by atoms with E-state index in [-0.39, 0.29) is 10.5 Å². The summed E-state index contributed by atoms with van der Waals surface area (Å²) in [5.41, 5.74) is 1.01. The largest absolute Gasteiger partial charge is 0.496 e. The van der Waals surface area contributed by atoms with Crippen LogP contribution in [0.5, 0.6) is 5.75 Å². The van der Waals surface area contributed by atoms with Crippen LogP contribution in [0, 0.1) is 14.9 Å². The van der Waals surface area contributed by atoms with Gasteiger partial charge in [-0.1, -0.05) is 24.3 Å². The summed E-state index contributed by atoms with van der Waals surface area (Å²) in [4.78, 5) is 10.6. The molecule has 0 saturated heterocycles. The molecule has 2 aromatic carbocycles. The van der Waals surface area contributed by atoms with E-state index in [2.05, 4.69) is 15.3 Å². The highest BCUT2D eigenvalue weighted by Gasteiger charge is 2.14. The smallest absolute Gasteiger partial charge is 0.278 e. The molecule has 1 aromatic heterocycles. The first-order valence-corrected chi connectivity index (χ1v) is 7.61. The first-order chi connectivity index (χ1) is 12.1. The number of methoxy groups -OCH3 is 1. The molecule has 0 fully saturated rings. The van der Waals surface area contributed by atoms with Crippen molar-refractivity contribution in [3.05, 3.63) is 69.0 Å². The quantitative estimate of drug-likeness (QED) is 0.327. The van der Waals surface area contributed by atoms with Gasteiger partial charge in [-0.05, 0) is 30.4 Å². The standard InChI is InChI=1S/C16H13N5O3S/c1-24-14-9-5-3-7-12(14)15-18-19-16(25)20(15)17-10-11-6-2-4-8-13(11)21(22)23/h2-10H,1H3,(H,19,25)/b17-10-. The second-order valence-electron chi connectivity index (χ2n) is 4.92. The molecule has 8 nitrogen and oxygen atoms in total. The molecule has 126 valence electrons. The summed E-state index contributed by atoms with van der Waals surface area (Å²) in [6.45, 7) is 0. The van der Waals surface area contributed by atoms with Crippen LogP contribution >= 0.6 is 12.2 Å². The number of nitro benzene ring substituents is 1. The average Bonchev–Trinajstić information content (AvgIpc) is 3.00. The van der Waals surface area contributed by atoms with E-state index >= 15 is 0 Å². The van der Waals surface area contributed by atoms with Crippen molar-refractivity contribution >= 4 is 24.1 Å². The minimum absolute atomic E-state index is 0.0416. The Labute approximate surface area is 147 Å². The molecule has 0 aliphatic rings. The maximum Gasteiger partial charge on any atom is 0.278 e. The van der Waals surface area contributed by atoms with Crippen LogP contribution in [-0.2, 0) is 0 Å². The van der Waals surface area contributed by atoms with Crippen molar-refractivity contribution in [1.82, 2.24) is 14.9 Å².